The Morgan fingerprint density at radius 3 is 0.571 bits per heavy atom. The first-order valence-corrected chi connectivity index (χ1v) is 2.10. The smallest absolute Gasteiger partial charge is 0.394 e. The minimum absolute atomic E-state index is 0. The quantitative estimate of drug-likeness (QED) is 0.362. The Bertz CT molecular complexity index is 93.5. The van der Waals surface area contributed by atoms with Gasteiger partial charge in [-0.05, 0) is 0 Å². The van der Waals surface area contributed by atoms with Gasteiger partial charge in [0.25, 0.3) is 0 Å². The summed E-state index contributed by atoms with van der Waals surface area (Å²) in [5.41, 5.74) is 0. The van der Waals surface area contributed by atoms with Crippen molar-refractivity contribution >= 4 is 10.4 Å². The van der Waals surface area contributed by atoms with Gasteiger partial charge >= 0.3 is 10.4 Å². The van der Waals surface area contributed by atoms with Crippen LogP contribution in [0.5, 0.6) is 0 Å². The van der Waals surface area contributed by atoms with E-state index in [1.54, 1.807) is 0 Å². The second-order valence-electron chi connectivity index (χ2n) is 0.448. The Hall–Kier alpha value is 0.784. The SMILES string of the molecule is O.O.O.O.O.O.O.O.O=S(=O)(O)O.[Lu]. The number of rotatable bonds is 0. The van der Waals surface area contributed by atoms with E-state index < -0.39 is 10.4 Å². The molecule has 1 radical (unpaired) electrons. The summed E-state index contributed by atoms with van der Waals surface area (Å²) in [6, 6.07) is 0. The third-order valence-electron chi connectivity index (χ3n) is 0. The van der Waals surface area contributed by atoms with Crippen molar-refractivity contribution in [3.63, 3.8) is 0 Å². The molecule has 0 atom stereocenters. The van der Waals surface area contributed by atoms with E-state index in [1.165, 1.54) is 0 Å². The molecule has 0 saturated carbocycles. The first-order valence-electron chi connectivity index (χ1n) is 0.698. The molecule has 0 unspecified atom stereocenters. The third kappa shape index (κ3) is 2890. The fourth-order valence-electron chi connectivity index (χ4n) is 0. The van der Waals surface area contributed by atoms with Crippen molar-refractivity contribution in [2.24, 2.45) is 0 Å². The molecule has 0 bridgehead atoms. The van der Waals surface area contributed by atoms with Crippen LogP contribution in [0.4, 0.5) is 0 Å². The predicted molar refractivity (Wildman–Crippen MR) is 43.1 cm³/mol. The summed E-state index contributed by atoms with van der Waals surface area (Å²) in [6.07, 6.45) is 0. The zero-order valence-electron chi connectivity index (χ0n) is 6.38. The van der Waals surface area contributed by atoms with E-state index in [9.17, 15) is 0 Å². The predicted octanol–water partition coefficient (Wildman–Crippen LogP) is -7.25. The van der Waals surface area contributed by atoms with Crippen molar-refractivity contribution in [1.82, 2.24) is 0 Å². The van der Waals surface area contributed by atoms with Gasteiger partial charge in [-0.1, -0.05) is 0 Å². The Morgan fingerprint density at radius 1 is 0.571 bits per heavy atom. The summed E-state index contributed by atoms with van der Waals surface area (Å²) >= 11 is 0. The minimum atomic E-state index is -4.67. The van der Waals surface area contributed by atoms with Crippen LogP contribution in [0.1, 0.15) is 0 Å². The summed E-state index contributed by atoms with van der Waals surface area (Å²) in [5, 5.41) is 0. The van der Waals surface area contributed by atoms with Crippen molar-refractivity contribution in [3.8, 4) is 0 Å². The summed E-state index contributed by atoms with van der Waals surface area (Å²) in [4.78, 5) is 0. The van der Waals surface area contributed by atoms with Crippen LogP contribution in [0.3, 0.4) is 0 Å². The van der Waals surface area contributed by atoms with Crippen LogP contribution < -0.4 is 0 Å². The normalized spacial score (nSPS) is 4.14. The second kappa shape index (κ2) is 48.9. The van der Waals surface area contributed by atoms with E-state index in [2.05, 4.69) is 0 Å². The number of hydrogen-bond donors (Lipinski definition) is 2. The fourth-order valence-corrected chi connectivity index (χ4v) is 0. The molecule has 0 aliphatic carbocycles. The van der Waals surface area contributed by atoms with Crippen molar-refractivity contribution in [1.29, 1.82) is 0 Å². The average molecular weight is 417 g/mol. The molecule has 0 amide bonds. The van der Waals surface area contributed by atoms with Gasteiger partial charge in [-0.25, -0.2) is 0 Å². The van der Waals surface area contributed by atoms with Gasteiger partial charge in [0.15, 0.2) is 0 Å². The summed E-state index contributed by atoms with van der Waals surface area (Å²) < 4.78 is 31.6. The number of hydrogen-bond acceptors (Lipinski definition) is 2. The third-order valence-corrected chi connectivity index (χ3v) is 0. The Kier molecular flexibility index (Phi) is 429. The molecule has 0 aliphatic rings. The van der Waals surface area contributed by atoms with Gasteiger partial charge in [-0.2, -0.15) is 8.42 Å². The molecular formula is H18LuO12S. The van der Waals surface area contributed by atoms with Crippen LogP contribution in [0.15, 0.2) is 0 Å². The molecule has 0 fully saturated rings. The van der Waals surface area contributed by atoms with Gasteiger partial charge in [-0.15, -0.1) is 0 Å². The zero-order chi connectivity index (χ0) is 4.50. The molecule has 14 heteroatoms. The first kappa shape index (κ1) is 123. The maximum Gasteiger partial charge on any atom is 0.394 e. The van der Waals surface area contributed by atoms with E-state index >= 15 is 0 Å². The second-order valence-corrected chi connectivity index (χ2v) is 1.34. The maximum atomic E-state index is 8.74. The van der Waals surface area contributed by atoms with Gasteiger partial charge in [0.1, 0.15) is 0 Å². The van der Waals surface area contributed by atoms with E-state index in [-0.39, 0.29) is 80.7 Å². The molecule has 0 saturated heterocycles. The molecule has 0 spiro atoms. The molecule has 0 aromatic heterocycles. The van der Waals surface area contributed by atoms with E-state index in [0.29, 0.717) is 0 Å². The Morgan fingerprint density at radius 2 is 0.571 bits per heavy atom. The monoisotopic (exact) mass is 417 g/mol. The van der Waals surface area contributed by atoms with Crippen molar-refractivity contribution < 1.29 is 98.2 Å². The molecular weight excluding hydrogens is 399 g/mol. The Balaban J connectivity index is -0.00000000222. The maximum absolute atomic E-state index is 8.74. The molecule has 0 aliphatic heterocycles. The van der Waals surface area contributed by atoms with Gasteiger partial charge in [0.05, 0.1) is 0 Å². The van der Waals surface area contributed by atoms with Crippen LogP contribution in [0, 0.1) is 36.9 Å². The summed E-state index contributed by atoms with van der Waals surface area (Å²) in [6.45, 7) is 0. The fraction of sp³-hybridized carbons (Fsp3) is 0. The van der Waals surface area contributed by atoms with E-state index in [4.69, 9.17) is 17.5 Å². The molecule has 0 rings (SSSR count). The Labute approximate surface area is 108 Å². The average Bonchev–Trinajstić information content (AvgIpc) is 0.722. The van der Waals surface area contributed by atoms with E-state index in [1.807, 2.05) is 0 Å². The summed E-state index contributed by atoms with van der Waals surface area (Å²) in [5.74, 6) is 0. The van der Waals surface area contributed by atoms with Crippen LogP contribution in [-0.4, -0.2) is 61.3 Å². The van der Waals surface area contributed by atoms with Crippen molar-refractivity contribution in [2.45, 2.75) is 0 Å². The van der Waals surface area contributed by atoms with Crippen LogP contribution in [0.2, 0.25) is 0 Å². The molecule has 0 heterocycles. The van der Waals surface area contributed by atoms with Crippen molar-refractivity contribution in [2.75, 3.05) is 0 Å². The minimum Gasteiger partial charge on any atom is -0.412 e. The molecule has 0 aromatic carbocycles. The molecule has 111 valence electrons. The van der Waals surface area contributed by atoms with Crippen LogP contribution in [0.25, 0.3) is 0 Å². The molecule has 14 heavy (non-hydrogen) atoms. The van der Waals surface area contributed by atoms with Crippen LogP contribution in [-0.2, 0) is 10.4 Å². The van der Waals surface area contributed by atoms with Gasteiger partial charge in [0.2, 0.25) is 0 Å². The van der Waals surface area contributed by atoms with Gasteiger partial charge in [0, 0.05) is 36.9 Å². The van der Waals surface area contributed by atoms with Crippen LogP contribution >= 0.6 is 0 Å². The molecule has 12 nitrogen and oxygen atoms in total. The van der Waals surface area contributed by atoms with E-state index in [0.717, 1.165) is 0 Å². The van der Waals surface area contributed by atoms with Gasteiger partial charge < -0.3 is 43.8 Å². The zero-order valence-corrected chi connectivity index (χ0v) is 8.85. The first-order chi connectivity index (χ1) is 2.00. The standard InChI is InChI=1S/Lu.H2O4S.8H2O/c;1-5(2,3)4;;;;;;;;/h;(H2,1,2,3,4);8*1H2. The molecule has 18 N–H and O–H groups in total. The molecule has 0 aromatic rings. The summed E-state index contributed by atoms with van der Waals surface area (Å²) in [7, 11) is -4.67. The topological polar surface area (TPSA) is 327 Å². The van der Waals surface area contributed by atoms with Crippen molar-refractivity contribution in [3.05, 3.63) is 0 Å². The largest absolute Gasteiger partial charge is 0.412 e. The van der Waals surface area contributed by atoms with Gasteiger partial charge in [-0.3, -0.25) is 9.11 Å².